The van der Waals surface area contributed by atoms with Crippen molar-refractivity contribution in [3.8, 4) is 0 Å². The van der Waals surface area contributed by atoms with Crippen LogP contribution in [0.15, 0.2) is 0 Å². The zero-order valence-electron chi connectivity index (χ0n) is 8.90. The first kappa shape index (κ1) is 16.4. The fourth-order valence-corrected chi connectivity index (χ4v) is 5.75. The van der Waals surface area contributed by atoms with Crippen molar-refractivity contribution in [2.75, 3.05) is 29.8 Å². The molecule has 0 aromatic carbocycles. The highest BCUT2D eigenvalue weighted by Crippen LogP contribution is 2.12. The van der Waals surface area contributed by atoms with Crippen LogP contribution in [0.4, 0.5) is 0 Å². The minimum absolute atomic E-state index is 0.0710. The van der Waals surface area contributed by atoms with Crippen LogP contribution in [0.1, 0.15) is 13.3 Å². The average Bonchev–Trinajstić information content (AvgIpc) is 2.13. The van der Waals surface area contributed by atoms with E-state index in [0.717, 1.165) is 0 Å². The van der Waals surface area contributed by atoms with Gasteiger partial charge in [-0.25, -0.2) is 16.8 Å². The van der Waals surface area contributed by atoms with Gasteiger partial charge in [-0.2, -0.15) is 0 Å². The summed E-state index contributed by atoms with van der Waals surface area (Å²) in [6.45, 7) is 1.62. The van der Waals surface area contributed by atoms with Gasteiger partial charge in [0.05, 0.1) is 11.5 Å². The maximum atomic E-state index is 11.7. The van der Waals surface area contributed by atoms with E-state index in [-0.39, 0.29) is 18.3 Å². The van der Waals surface area contributed by atoms with Crippen molar-refractivity contribution in [2.24, 2.45) is 0 Å². The van der Waals surface area contributed by atoms with E-state index in [0.29, 0.717) is 10.1 Å². The van der Waals surface area contributed by atoms with Crippen molar-refractivity contribution in [3.05, 3.63) is 0 Å². The second kappa shape index (κ2) is 7.00. The number of sulfonamides is 2. The van der Waals surface area contributed by atoms with Gasteiger partial charge >= 0.3 is 0 Å². The Balaban J connectivity index is 5.16. The molecule has 0 unspecified atom stereocenters. The Labute approximate surface area is 107 Å². The predicted molar refractivity (Wildman–Crippen MR) is 66.0 cm³/mol. The first-order valence-electron chi connectivity index (χ1n) is 4.67. The van der Waals surface area contributed by atoms with Crippen molar-refractivity contribution in [1.29, 1.82) is 0 Å². The minimum atomic E-state index is -3.86. The molecule has 0 aliphatic carbocycles. The van der Waals surface area contributed by atoms with Gasteiger partial charge in [-0.05, 0) is 6.42 Å². The zero-order chi connectivity index (χ0) is 12.8. The summed E-state index contributed by atoms with van der Waals surface area (Å²) >= 11 is 10.7. The van der Waals surface area contributed by atoms with Crippen molar-refractivity contribution in [1.82, 2.24) is 3.71 Å². The van der Waals surface area contributed by atoms with Crippen LogP contribution in [0.2, 0.25) is 0 Å². The second-order valence-electron chi connectivity index (χ2n) is 3.01. The number of alkyl halides is 2. The third kappa shape index (κ3) is 4.75. The fourth-order valence-electron chi connectivity index (χ4n) is 1.03. The summed E-state index contributed by atoms with van der Waals surface area (Å²) in [5, 5.41) is 0. The fraction of sp³-hybridized carbons (Fsp3) is 1.00. The first-order chi connectivity index (χ1) is 7.31. The Kier molecular flexibility index (Phi) is 7.20. The highest BCUT2D eigenvalue weighted by Gasteiger charge is 2.31. The van der Waals surface area contributed by atoms with Crippen LogP contribution >= 0.6 is 23.2 Å². The molecule has 0 rings (SSSR count). The third-order valence-electron chi connectivity index (χ3n) is 1.70. The van der Waals surface area contributed by atoms with Crippen LogP contribution in [0.25, 0.3) is 0 Å². The van der Waals surface area contributed by atoms with Crippen molar-refractivity contribution in [2.45, 2.75) is 13.3 Å². The molecule has 0 radical (unpaired) electrons. The van der Waals surface area contributed by atoms with Gasteiger partial charge in [-0.15, -0.1) is 23.2 Å². The number of hydrogen-bond acceptors (Lipinski definition) is 4. The highest BCUT2D eigenvalue weighted by molar-refractivity contribution is 8.04. The lowest BCUT2D eigenvalue weighted by Crippen LogP contribution is -2.40. The molecule has 0 fully saturated rings. The van der Waals surface area contributed by atoms with E-state index < -0.39 is 31.6 Å². The predicted octanol–water partition coefficient (Wildman–Crippen LogP) is 0.836. The monoisotopic (exact) mass is 311 g/mol. The molecule has 0 aromatic heterocycles. The molecule has 98 valence electrons. The molecule has 0 heterocycles. The molecule has 0 amide bonds. The Morgan fingerprint density at radius 2 is 1.31 bits per heavy atom. The molecule has 5 nitrogen and oxygen atoms in total. The van der Waals surface area contributed by atoms with Crippen LogP contribution in [0, 0.1) is 0 Å². The summed E-state index contributed by atoms with van der Waals surface area (Å²) in [5.74, 6) is -1.07. The Hall–Kier alpha value is 0.440. The lowest BCUT2D eigenvalue weighted by Gasteiger charge is -2.20. The van der Waals surface area contributed by atoms with Crippen molar-refractivity contribution < 1.29 is 16.8 Å². The zero-order valence-corrected chi connectivity index (χ0v) is 12.0. The summed E-state index contributed by atoms with van der Waals surface area (Å²) in [7, 11) is -7.72. The third-order valence-corrected chi connectivity index (χ3v) is 6.93. The molecule has 0 spiro atoms. The molecule has 0 N–H and O–H groups in total. The summed E-state index contributed by atoms with van der Waals surface area (Å²) in [4.78, 5) is 0. The van der Waals surface area contributed by atoms with E-state index in [4.69, 9.17) is 23.2 Å². The van der Waals surface area contributed by atoms with Crippen molar-refractivity contribution in [3.63, 3.8) is 0 Å². The van der Waals surface area contributed by atoms with E-state index in [1.165, 1.54) is 0 Å². The van der Waals surface area contributed by atoms with E-state index in [1.54, 1.807) is 6.92 Å². The molecule has 9 heteroatoms. The summed E-state index contributed by atoms with van der Waals surface area (Å²) in [6.07, 6.45) is 0.406. The summed E-state index contributed by atoms with van der Waals surface area (Å²) in [6, 6.07) is 0. The van der Waals surface area contributed by atoms with Crippen LogP contribution in [-0.2, 0) is 20.0 Å². The average molecular weight is 312 g/mol. The molecule has 0 aliphatic rings. The molecular formula is C7H15Cl2NO4S2. The van der Waals surface area contributed by atoms with Gasteiger partial charge in [0.15, 0.2) is 0 Å². The SMILES string of the molecule is CCCN(S(=O)(=O)CCCl)S(=O)(=O)CCCl. The van der Waals surface area contributed by atoms with Gasteiger partial charge in [0.1, 0.15) is 0 Å². The Morgan fingerprint density at radius 3 is 1.56 bits per heavy atom. The van der Waals surface area contributed by atoms with Crippen LogP contribution < -0.4 is 0 Å². The molecule has 0 aliphatic heterocycles. The molecule has 0 aromatic rings. The topological polar surface area (TPSA) is 71.5 Å². The second-order valence-corrected chi connectivity index (χ2v) is 8.02. The van der Waals surface area contributed by atoms with E-state index in [1.807, 2.05) is 0 Å². The van der Waals surface area contributed by atoms with Crippen LogP contribution in [-0.4, -0.2) is 50.4 Å². The van der Waals surface area contributed by atoms with Gasteiger partial charge < -0.3 is 0 Å². The summed E-state index contributed by atoms with van der Waals surface area (Å²) < 4.78 is 47.2. The first-order valence-corrected chi connectivity index (χ1v) is 8.95. The maximum absolute atomic E-state index is 11.7. The van der Waals surface area contributed by atoms with Gasteiger partial charge in [0.25, 0.3) is 0 Å². The van der Waals surface area contributed by atoms with E-state index in [9.17, 15) is 16.8 Å². The smallest absolute Gasteiger partial charge is 0.211 e. The minimum Gasteiger partial charge on any atom is -0.211 e. The molecule has 0 bridgehead atoms. The van der Waals surface area contributed by atoms with Gasteiger partial charge in [-0.1, -0.05) is 10.6 Å². The number of halogens is 2. The lowest BCUT2D eigenvalue weighted by molar-refractivity contribution is 0.497. The van der Waals surface area contributed by atoms with Gasteiger partial charge in [-0.3, -0.25) is 0 Å². The molecule has 0 saturated carbocycles. The molecule has 0 saturated heterocycles. The Bertz CT molecular complexity index is 357. The standard InChI is InChI=1S/C7H15Cl2NO4S2/c1-2-5-10(15(11,12)6-3-8)16(13,14)7-4-9/h2-7H2,1H3. The van der Waals surface area contributed by atoms with E-state index in [2.05, 4.69) is 0 Å². The normalized spacial score (nSPS) is 13.2. The summed E-state index contributed by atoms with van der Waals surface area (Å²) in [5.41, 5.74) is 0. The lowest BCUT2D eigenvalue weighted by atomic mass is 10.5. The maximum Gasteiger partial charge on any atom is 0.228 e. The molecule has 0 atom stereocenters. The molecular weight excluding hydrogens is 297 g/mol. The highest BCUT2D eigenvalue weighted by atomic mass is 35.5. The van der Waals surface area contributed by atoms with E-state index >= 15 is 0 Å². The van der Waals surface area contributed by atoms with Gasteiger partial charge in [0.2, 0.25) is 20.0 Å². The van der Waals surface area contributed by atoms with Crippen molar-refractivity contribution >= 4 is 43.2 Å². The number of rotatable bonds is 8. The largest absolute Gasteiger partial charge is 0.228 e. The van der Waals surface area contributed by atoms with Crippen LogP contribution in [0.5, 0.6) is 0 Å². The van der Waals surface area contributed by atoms with Crippen LogP contribution in [0.3, 0.4) is 0 Å². The molecule has 16 heavy (non-hydrogen) atoms. The number of nitrogens with zero attached hydrogens (tertiary/aromatic N) is 1. The Morgan fingerprint density at radius 1 is 0.938 bits per heavy atom. The van der Waals surface area contributed by atoms with Gasteiger partial charge in [0, 0.05) is 18.3 Å². The quantitative estimate of drug-likeness (QED) is 0.623. The number of hydrogen-bond donors (Lipinski definition) is 0.